The third-order valence-corrected chi connectivity index (χ3v) is 7.77. The van der Waals surface area contributed by atoms with Gasteiger partial charge in [0.15, 0.2) is 16.1 Å². The van der Waals surface area contributed by atoms with Crippen molar-refractivity contribution in [3.63, 3.8) is 0 Å². The van der Waals surface area contributed by atoms with Crippen LogP contribution in [-0.4, -0.2) is 26.8 Å². The van der Waals surface area contributed by atoms with Crippen LogP contribution < -0.4 is 14.8 Å². The van der Waals surface area contributed by atoms with Crippen LogP contribution in [0.4, 0.5) is 10.8 Å². The van der Waals surface area contributed by atoms with E-state index in [1.807, 2.05) is 25.1 Å². The Morgan fingerprint density at radius 1 is 1.26 bits per heavy atom. The van der Waals surface area contributed by atoms with E-state index in [1.54, 1.807) is 29.7 Å². The van der Waals surface area contributed by atoms with Gasteiger partial charge >= 0.3 is 0 Å². The fraction of sp³-hybridized carbons (Fsp3) is 0.364. The first-order chi connectivity index (χ1) is 14.6. The second-order valence-corrected chi connectivity index (χ2v) is 10.6. The molecule has 0 aliphatic carbocycles. The Kier molecular flexibility index (Phi) is 7.24. The number of hydrogen-bond acceptors (Lipinski definition) is 6. The van der Waals surface area contributed by atoms with E-state index >= 15 is 0 Å². The Labute approximate surface area is 195 Å². The lowest BCUT2D eigenvalue weighted by molar-refractivity contribution is 0.386. The fourth-order valence-electron chi connectivity index (χ4n) is 2.68. The Bertz CT molecular complexity index is 1100. The third-order valence-electron chi connectivity index (χ3n) is 5.22. The molecular formula is C22H27ClN4O2S2. The highest BCUT2D eigenvalue weighted by Crippen LogP contribution is 2.37. The topological polar surface area (TPSA) is 76.1 Å². The Hall–Kier alpha value is -2.16. The fourth-order valence-corrected chi connectivity index (χ4v) is 5.05. The number of anilines is 2. The first-order valence-corrected chi connectivity index (χ1v) is 12.2. The Morgan fingerprint density at radius 3 is 2.61 bits per heavy atom. The second-order valence-electron chi connectivity index (χ2n) is 8.02. The summed E-state index contributed by atoms with van der Waals surface area (Å²) in [6, 6.07) is 8.97. The molecule has 0 spiro atoms. The monoisotopic (exact) mass is 478 g/mol. The predicted octanol–water partition coefficient (Wildman–Crippen LogP) is 6.16. The molecule has 0 amide bonds. The molecule has 0 saturated carbocycles. The summed E-state index contributed by atoms with van der Waals surface area (Å²) in [6.07, 6.45) is 1.72. The molecule has 0 aliphatic rings. The molecule has 3 rings (SSSR count). The number of para-hydroxylation sites is 1. The van der Waals surface area contributed by atoms with Crippen molar-refractivity contribution < 1.29 is 8.95 Å². The first-order valence-electron chi connectivity index (χ1n) is 9.85. The van der Waals surface area contributed by atoms with Gasteiger partial charge in [0.2, 0.25) is 5.88 Å². The minimum absolute atomic E-state index is 0.0920. The summed E-state index contributed by atoms with van der Waals surface area (Å²) in [7, 11) is -0.109. The van der Waals surface area contributed by atoms with Gasteiger partial charge in [0.25, 0.3) is 0 Å². The van der Waals surface area contributed by atoms with Gasteiger partial charge in [-0.3, -0.25) is 4.72 Å². The van der Waals surface area contributed by atoms with Gasteiger partial charge < -0.3 is 10.1 Å². The van der Waals surface area contributed by atoms with Crippen molar-refractivity contribution in [3.05, 3.63) is 47.2 Å². The largest absolute Gasteiger partial charge is 0.480 e. The van der Waals surface area contributed by atoms with Crippen LogP contribution in [0, 0.1) is 12.8 Å². The molecule has 1 atom stereocenters. The van der Waals surface area contributed by atoms with E-state index in [-0.39, 0.29) is 5.54 Å². The van der Waals surface area contributed by atoms with Crippen LogP contribution in [0.25, 0.3) is 10.4 Å². The van der Waals surface area contributed by atoms with E-state index in [0.717, 1.165) is 21.3 Å². The molecule has 0 radical (unpaired) electrons. The van der Waals surface area contributed by atoms with E-state index in [4.69, 9.17) is 21.3 Å². The van der Waals surface area contributed by atoms with Crippen LogP contribution in [0.3, 0.4) is 0 Å². The number of aryl methyl sites for hydroxylation is 1. The molecule has 0 aliphatic heterocycles. The normalized spacial score (nSPS) is 12.6. The zero-order valence-electron chi connectivity index (χ0n) is 18.4. The molecule has 0 bridgehead atoms. The van der Waals surface area contributed by atoms with Crippen LogP contribution in [-0.2, 0) is 11.0 Å². The molecule has 6 nitrogen and oxygen atoms in total. The van der Waals surface area contributed by atoms with E-state index in [1.165, 1.54) is 7.11 Å². The summed E-state index contributed by atoms with van der Waals surface area (Å²) in [4.78, 5) is 10.5. The number of nitrogens with one attached hydrogen (secondary N) is 2. The third kappa shape index (κ3) is 5.37. The van der Waals surface area contributed by atoms with Crippen LogP contribution in [0.15, 0.2) is 41.4 Å². The molecule has 31 heavy (non-hydrogen) atoms. The van der Waals surface area contributed by atoms with E-state index < -0.39 is 11.0 Å². The highest BCUT2D eigenvalue weighted by molar-refractivity contribution is 7.86. The van der Waals surface area contributed by atoms with Gasteiger partial charge in [0.1, 0.15) is 4.90 Å². The van der Waals surface area contributed by atoms with Gasteiger partial charge in [-0.1, -0.05) is 48.9 Å². The molecule has 1 unspecified atom stereocenters. The van der Waals surface area contributed by atoms with Crippen molar-refractivity contribution in [1.29, 1.82) is 0 Å². The van der Waals surface area contributed by atoms with Crippen LogP contribution >= 0.6 is 22.9 Å². The maximum absolute atomic E-state index is 13.1. The van der Waals surface area contributed by atoms with Crippen molar-refractivity contribution >= 4 is 44.7 Å². The average Bonchev–Trinajstić information content (AvgIpc) is 3.08. The summed E-state index contributed by atoms with van der Waals surface area (Å²) in [5.41, 5.74) is 2.20. The average molecular weight is 479 g/mol. The van der Waals surface area contributed by atoms with Crippen LogP contribution in [0.5, 0.6) is 5.88 Å². The van der Waals surface area contributed by atoms with E-state index in [0.29, 0.717) is 27.4 Å². The molecule has 0 fully saturated rings. The summed E-state index contributed by atoms with van der Waals surface area (Å²) in [5, 5.41) is 4.86. The number of ether oxygens (including phenoxy) is 1. The predicted molar refractivity (Wildman–Crippen MR) is 131 cm³/mol. The molecule has 166 valence electrons. The smallest absolute Gasteiger partial charge is 0.231 e. The number of benzene rings is 1. The van der Waals surface area contributed by atoms with Crippen molar-refractivity contribution in [2.75, 3.05) is 17.1 Å². The van der Waals surface area contributed by atoms with Crippen molar-refractivity contribution in [1.82, 2.24) is 9.97 Å². The molecule has 2 aromatic heterocycles. The summed E-state index contributed by atoms with van der Waals surface area (Å²) in [6.45, 7) is 10.6. The maximum Gasteiger partial charge on any atom is 0.231 e. The number of aromatic nitrogens is 2. The lowest BCUT2D eigenvalue weighted by Gasteiger charge is -2.30. The Morgan fingerprint density at radius 2 is 1.97 bits per heavy atom. The number of halogens is 1. The van der Waals surface area contributed by atoms with Crippen molar-refractivity contribution in [2.24, 2.45) is 5.92 Å². The molecule has 9 heteroatoms. The highest BCUT2D eigenvalue weighted by Gasteiger charge is 2.24. The van der Waals surface area contributed by atoms with Gasteiger partial charge in [-0.15, -0.1) is 0 Å². The lowest BCUT2D eigenvalue weighted by atomic mass is 9.91. The van der Waals surface area contributed by atoms with E-state index in [9.17, 15) is 4.21 Å². The van der Waals surface area contributed by atoms with Crippen LogP contribution in [0.2, 0.25) is 5.02 Å². The van der Waals surface area contributed by atoms with Gasteiger partial charge in [-0.2, -0.15) is 0 Å². The highest BCUT2D eigenvalue weighted by atomic mass is 35.5. The molecule has 2 heterocycles. The summed E-state index contributed by atoms with van der Waals surface area (Å²) in [5.74, 6) is 0.732. The van der Waals surface area contributed by atoms with Crippen LogP contribution in [0.1, 0.15) is 33.4 Å². The number of thiazole rings is 1. The molecule has 0 saturated heterocycles. The summed E-state index contributed by atoms with van der Waals surface area (Å²) >= 11 is 7.75. The van der Waals surface area contributed by atoms with Gasteiger partial charge in [0, 0.05) is 17.3 Å². The first kappa shape index (κ1) is 23.5. The Balaban J connectivity index is 1.94. The number of hydrogen-bond donors (Lipinski definition) is 2. The molecular weight excluding hydrogens is 452 g/mol. The van der Waals surface area contributed by atoms with Gasteiger partial charge in [-0.05, 0) is 44.9 Å². The van der Waals surface area contributed by atoms with Crippen molar-refractivity contribution in [2.45, 2.75) is 45.1 Å². The standard InChI is InChI=1S/C22H27ClN4O2S2/c1-13(2)22(4,5)26-21-25-14(3)19(30-21)15-11-18(20(29-6)24-12-15)31(28)27-17-10-8-7-9-16(17)23/h7-13,27H,1-6H3,(H,25,26). The second kappa shape index (κ2) is 9.54. The molecule has 2 N–H and O–H groups in total. The zero-order chi connectivity index (χ0) is 22.8. The SMILES string of the molecule is COc1ncc(-c2sc(NC(C)(C)C(C)C)nc2C)cc1S(=O)Nc1ccccc1Cl. The van der Waals surface area contributed by atoms with Gasteiger partial charge in [-0.25, -0.2) is 14.2 Å². The maximum atomic E-state index is 13.1. The zero-order valence-corrected chi connectivity index (χ0v) is 20.8. The van der Waals surface area contributed by atoms with Gasteiger partial charge in [0.05, 0.1) is 28.4 Å². The molecule has 3 aromatic rings. The molecule has 1 aromatic carbocycles. The number of methoxy groups -OCH3 is 1. The van der Waals surface area contributed by atoms with E-state index in [2.05, 4.69) is 42.7 Å². The number of rotatable bonds is 8. The quantitative estimate of drug-likeness (QED) is 0.405. The number of pyridine rings is 1. The summed E-state index contributed by atoms with van der Waals surface area (Å²) < 4.78 is 21.4. The minimum atomic E-state index is -1.62. The number of nitrogens with zero attached hydrogens (tertiary/aromatic N) is 2. The minimum Gasteiger partial charge on any atom is -0.480 e. The lowest BCUT2D eigenvalue weighted by Crippen LogP contribution is -2.36. The van der Waals surface area contributed by atoms with Crippen molar-refractivity contribution in [3.8, 4) is 16.3 Å².